The normalized spacial score (nSPS) is 13.4. The van der Waals surface area contributed by atoms with E-state index in [-0.39, 0.29) is 40.9 Å². The predicted molar refractivity (Wildman–Crippen MR) is 130 cm³/mol. The van der Waals surface area contributed by atoms with Gasteiger partial charge >= 0.3 is 11.9 Å². The number of aromatic nitrogens is 1. The second-order valence-corrected chi connectivity index (χ2v) is 10.4. The van der Waals surface area contributed by atoms with Crippen LogP contribution in [-0.4, -0.2) is 40.3 Å². The number of ether oxygens (including phenoxy) is 4. The Bertz CT molecular complexity index is 1250. The van der Waals surface area contributed by atoms with Crippen molar-refractivity contribution in [3.05, 3.63) is 28.8 Å². The standard InChI is InChI=1S/C25H30N4O7/c1-24(2,3)20(23(31)32)34-17-9-15-12(8-16(17)33-11-18(30)36-25(4,5)6)7-13-19(27)14(10-26)21(28)29-22(13)35-15/h8-9,20H,7,11H2,1-6H3,(H,31,32)(H4,27,28,29). The molecule has 0 spiro atoms. The minimum atomic E-state index is -1.24. The van der Waals surface area contributed by atoms with E-state index in [2.05, 4.69) is 4.98 Å². The molecule has 11 heteroatoms. The van der Waals surface area contributed by atoms with Gasteiger partial charge in [0.25, 0.3) is 0 Å². The zero-order valence-electron chi connectivity index (χ0n) is 21.1. The maximum atomic E-state index is 12.3. The third-order valence-corrected chi connectivity index (χ3v) is 5.16. The van der Waals surface area contributed by atoms with Crippen molar-refractivity contribution in [3.63, 3.8) is 0 Å². The number of hydrogen-bond donors (Lipinski definition) is 3. The first-order valence-corrected chi connectivity index (χ1v) is 11.2. The summed E-state index contributed by atoms with van der Waals surface area (Å²) in [6, 6.07) is 4.98. The van der Waals surface area contributed by atoms with E-state index in [9.17, 15) is 20.0 Å². The number of carbonyl (C=O) groups is 2. The van der Waals surface area contributed by atoms with Crippen LogP contribution in [-0.2, 0) is 20.7 Å². The second-order valence-electron chi connectivity index (χ2n) is 10.4. The Morgan fingerprint density at radius 3 is 2.42 bits per heavy atom. The van der Waals surface area contributed by atoms with Gasteiger partial charge in [0.15, 0.2) is 18.1 Å². The van der Waals surface area contributed by atoms with Gasteiger partial charge in [0.1, 0.15) is 28.8 Å². The van der Waals surface area contributed by atoms with Crippen LogP contribution in [0, 0.1) is 16.7 Å². The number of hydrogen-bond acceptors (Lipinski definition) is 10. The molecule has 1 aliphatic rings. The highest BCUT2D eigenvalue weighted by atomic mass is 16.6. The highest BCUT2D eigenvalue weighted by Crippen LogP contribution is 2.45. The fourth-order valence-corrected chi connectivity index (χ4v) is 3.56. The van der Waals surface area contributed by atoms with Gasteiger partial charge in [0, 0.05) is 29.0 Å². The van der Waals surface area contributed by atoms with E-state index in [4.69, 9.17) is 30.4 Å². The van der Waals surface area contributed by atoms with E-state index in [0.717, 1.165) is 0 Å². The molecule has 1 aromatic carbocycles. The minimum Gasteiger partial charge on any atom is -0.478 e. The summed E-state index contributed by atoms with van der Waals surface area (Å²) in [5.74, 6) is -1.23. The molecule has 3 rings (SSSR count). The number of rotatable bonds is 6. The topological polar surface area (TPSA) is 180 Å². The Morgan fingerprint density at radius 2 is 1.86 bits per heavy atom. The summed E-state index contributed by atoms with van der Waals surface area (Å²) in [4.78, 5) is 28.3. The Morgan fingerprint density at radius 1 is 1.19 bits per heavy atom. The average molecular weight is 499 g/mol. The fourth-order valence-electron chi connectivity index (χ4n) is 3.56. The lowest BCUT2D eigenvalue weighted by Crippen LogP contribution is -2.39. The van der Waals surface area contributed by atoms with Crippen LogP contribution < -0.4 is 25.7 Å². The molecule has 0 saturated carbocycles. The number of nitriles is 1. The van der Waals surface area contributed by atoms with Gasteiger partial charge in [-0.1, -0.05) is 20.8 Å². The number of nitrogen functional groups attached to an aromatic ring is 2. The van der Waals surface area contributed by atoms with Crippen molar-refractivity contribution in [3.8, 4) is 29.2 Å². The zero-order valence-corrected chi connectivity index (χ0v) is 21.1. The molecule has 1 atom stereocenters. The van der Waals surface area contributed by atoms with Crippen molar-refractivity contribution < 1.29 is 33.6 Å². The quantitative estimate of drug-likeness (QED) is 0.424. The van der Waals surface area contributed by atoms with Crippen molar-refractivity contribution in [1.29, 1.82) is 5.26 Å². The summed E-state index contributed by atoms with van der Waals surface area (Å²) in [6.45, 7) is 9.93. The molecule has 0 amide bonds. The highest BCUT2D eigenvalue weighted by Gasteiger charge is 2.35. The number of carboxylic acid groups (broad SMARTS) is 1. The van der Waals surface area contributed by atoms with Crippen LogP contribution in [0.2, 0.25) is 0 Å². The molecule has 36 heavy (non-hydrogen) atoms. The van der Waals surface area contributed by atoms with Crippen LogP contribution in [0.25, 0.3) is 0 Å². The molecule has 1 aromatic heterocycles. The SMILES string of the molecule is CC(C)(C)OC(=O)COc1cc2c(cc1OC(C(=O)O)C(C)(C)C)Oc1nc(N)c(C#N)c(N)c1C2. The highest BCUT2D eigenvalue weighted by molar-refractivity contribution is 5.75. The van der Waals surface area contributed by atoms with Gasteiger partial charge in [-0.15, -0.1) is 0 Å². The van der Waals surface area contributed by atoms with Crippen LogP contribution in [0.3, 0.4) is 0 Å². The summed E-state index contributed by atoms with van der Waals surface area (Å²) in [5.41, 5.74) is 11.8. The number of fused-ring (bicyclic) bond motifs is 2. The van der Waals surface area contributed by atoms with Crippen LogP contribution in [0.1, 0.15) is 58.2 Å². The maximum absolute atomic E-state index is 12.3. The van der Waals surface area contributed by atoms with Gasteiger partial charge < -0.3 is 35.5 Å². The Balaban J connectivity index is 2.03. The molecule has 1 unspecified atom stereocenters. The molecule has 0 aliphatic carbocycles. The number of anilines is 2. The molecule has 0 radical (unpaired) electrons. The summed E-state index contributed by atoms with van der Waals surface area (Å²) in [5, 5.41) is 19.1. The third kappa shape index (κ3) is 5.71. The van der Waals surface area contributed by atoms with Crippen LogP contribution in [0.4, 0.5) is 11.5 Å². The van der Waals surface area contributed by atoms with Crippen molar-refractivity contribution in [1.82, 2.24) is 4.98 Å². The molecule has 1 aliphatic heterocycles. The Hall–Kier alpha value is -4.20. The van der Waals surface area contributed by atoms with Crippen molar-refractivity contribution >= 4 is 23.4 Å². The predicted octanol–water partition coefficient (Wildman–Crippen LogP) is 3.41. The summed E-state index contributed by atoms with van der Waals surface area (Å²) >= 11 is 0. The molecular weight excluding hydrogens is 468 g/mol. The van der Waals surface area contributed by atoms with E-state index in [0.29, 0.717) is 16.9 Å². The van der Waals surface area contributed by atoms with E-state index in [1.165, 1.54) is 6.07 Å². The van der Waals surface area contributed by atoms with Crippen LogP contribution in [0.5, 0.6) is 23.1 Å². The number of benzene rings is 1. The molecule has 11 nitrogen and oxygen atoms in total. The van der Waals surface area contributed by atoms with Crippen molar-refractivity contribution in [2.45, 2.75) is 59.7 Å². The van der Waals surface area contributed by atoms with E-state index < -0.39 is 35.7 Å². The second kappa shape index (κ2) is 9.45. The fraction of sp³-hybridized carbons (Fsp3) is 0.440. The molecule has 0 saturated heterocycles. The number of nitrogens with two attached hydrogens (primary N) is 2. The number of carbonyl (C=O) groups excluding carboxylic acids is 1. The van der Waals surface area contributed by atoms with Crippen molar-refractivity contribution in [2.24, 2.45) is 5.41 Å². The first-order chi connectivity index (χ1) is 16.6. The lowest BCUT2D eigenvalue weighted by Gasteiger charge is -2.29. The van der Waals surface area contributed by atoms with E-state index >= 15 is 0 Å². The van der Waals surface area contributed by atoms with Crippen molar-refractivity contribution in [2.75, 3.05) is 18.1 Å². The van der Waals surface area contributed by atoms with Gasteiger partial charge in [-0.2, -0.15) is 10.2 Å². The van der Waals surface area contributed by atoms with Crippen LogP contribution in [0.15, 0.2) is 12.1 Å². The largest absolute Gasteiger partial charge is 0.478 e. The summed E-state index contributed by atoms with van der Waals surface area (Å²) < 4.78 is 22.8. The molecule has 0 bridgehead atoms. The first kappa shape index (κ1) is 26.4. The van der Waals surface area contributed by atoms with Crippen LogP contribution >= 0.6 is 0 Å². The minimum absolute atomic E-state index is 0.0524. The smallest absolute Gasteiger partial charge is 0.345 e. The van der Waals surface area contributed by atoms with Gasteiger partial charge in [0.05, 0.1) is 5.69 Å². The van der Waals surface area contributed by atoms with Gasteiger partial charge in [-0.05, 0) is 26.8 Å². The molecule has 2 aromatic rings. The molecule has 5 N–H and O–H groups in total. The third-order valence-electron chi connectivity index (χ3n) is 5.16. The number of esters is 1. The Labute approximate surface area is 208 Å². The van der Waals surface area contributed by atoms with Gasteiger partial charge in [0.2, 0.25) is 12.0 Å². The van der Waals surface area contributed by atoms with Gasteiger partial charge in [-0.25, -0.2) is 9.59 Å². The number of carboxylic acids is 1. The maximum Gasteiger partial charge on any atom is 0.345 e. The summed E-state index contributed by atoms with van der Waals surface area (Å²) in [7, 11) is 0. The number of nitrogens with zero attached hydrogens (tertiary/aromatic N) is 2. The lowest BCUT2D eigenvalue weighted by atomic mass is 9.89. The molecule has 2 heterocycles. The monoisotopic (exact) mass is 498 g/mol. The molecular formula is C25H30N4O7. The average Bonchev–Trinajstić information content (AvgIpc) is 2.73. The lowest BCUT2D eigenvalue weighted by molar-refractivity contribution is -0.157. The van der Waals surface area contributed by atoms with Gasteiger partial charge in [-0.3, -0.25) is 0 Å². The molecule has 0 fully saturated rings. The Kier molecular flexibility index (Phi) is 6.93. The molecule has 192 valence electrons. The van der Waals surface area contributed by atoms with E-state index in [1.807, 2.05) is 6.07 Å². The number of aliphatic carboxylic acids is 1. The number of pyridine rings is 1. The van der Waals surface area contributed by atoms with E-state index in [1.54, 1.807) is 47.6 Å². The summed E-state index contributed by atoms with van der Waals surface area (Å²) in [6.07, 6.45) is -1.01. The first-order valence-electron chi connectivity index (χ1n) is 11.2. The zero-order chi connectivity index (χ0) is 27.0.